The van der Waals surface area contributed by atoms with Crippen molar-refractivity contribution in [1.82, 2.24) is 5.32 Å². The average Bonchev–Trinajstić information content (AvgIpc) is 2.50. The molecule has 0 fully saturated rings. The smallest absolute Gasteiger partial charge is 0.326 e. The van der Waals surface area contributed by atoms with Gasteiger partial charge in [0.1, 0.15) is 0 Å². The highest BCUT2D eigenvalue weighted by Crippen LogP contribution is 2.03. The number of anilines is 1. The number of imide groups is 1. The Hall–Kier alpha value is -3.22. The van der Waals surface area contributed by atoms with Crippen LogP contribution in [0.2, 0.25) is 0 Å². The topological polar surface area (TPSA) is 94.7 Å². The van der Waals surface area contributed by atoms with Crippen molar-refractivity contribution >= 4 is 23.8 Å². The van der Waals surface area contributed by atoms with Crippen LogP contribution in [0, 0.1) is 0 Å². The van der Waals surface area contributed by atoms with Crippen molar-refractivity contribution in [3.05, 3.63) is 60.4 Å². The molecular formula is C15H15N4O3+. The maximum atomic E-state index is 11.8. The average molecular weight is 299 g/mol. The minimum Gasteiger partial charge on any atom is -0.411 e. The van der Waals surface area contributed by atoms with Gasteiger partial charge in [-0.3, -0.25) is 10.1 Å². The van der Waals surface area contributed by atoms with Crippen LogP contribution < -0.4 is 15.2 Å². The number of hydrogen-bond acceptors (Lipinski definition) is 4. The van der Waals surface area contributed by atoms with Gasteiger partial charge in [-0.1, -0.05) is 23.4 Å². The largest absolute Gasteiger partial charge is 0.411 e. The molecule has 3 amide bonds. The highest BCUT2D eigenvalue weighted by Gasteiger charge is 2.12. The number of amides is 3. The molecule has 0 saturated carbocycles. The van der Waals surface area contributed by atoms with Crippen LogP contribution in [0.4, 0.5) is 10.5 Å². The highest BCUT2D eigenvalue weighted by atomic mass is 16.4. The summed E-state index contributed by atoms with van der Waals surface area (Å²) in [5, 5.41) is 16.1. The summed E-state index contributed by atoms with van der Waals surface area (Å²) in [4.78, 5) is 23.4. The second-order valence-electron chi connectivity index (χ2n) is 4.42. The van der Waals surface area contributed by atoms with E-state index in [9.17, 15) is 9.59 Å². The fourth-order valence-corrected chi connectivity index (χ4v) is 1.74. The summed E-state index contributed by atoms with van der Waals surface area (Å²) in [5.74, 6) is -0.443. The van der Waals surface area contributed by atoms with E-state index in [-0.39, 0.29) is 6.54 Å². The molecule has 2 aromatic rings. The molecule has 0 aliphatic heterocycles. The summed E-state index contributed by atoms with van der Waals surface area (Å²) >= 11 is 0. The Morgan fingerprint density at radius 2 is 1.82 bits per heavy atom. The molecule has 0 saturated heterocycles. The molecule has 0 aliphatic rings. The van der Waals surface area contributed by atoms with Gasteiger partial charge in [0.05, 0.1) is 6.21 Å². The van der Waals surface area contributed by atoms with Crippen molar-refractivity contribution < 1.29 is 19.4 Å². The first-order valence-corrected chi connectivity index (χ1v) is 6.50. The maximum Gasteiger partial charge on any atom is 0.326 e. The monoisotopic (exact) mass is 299 g/mol. The Morgan fingerprint density at radius 1 is 1.14 bits per heavy atom. The van der Waals surface area contributed by atoms with E-state index in [1.165, 1.54) is 6.21 Å². The lowest BCUT2D eigenvalue weighted by Crippen LogP contribution is -2.45. The Kier molecular flexibility index (Phi) is 5.20. The fourth-order valence-electron chi connectivity index (χ4n) is 1.74. The van der Waals surface area contributed by atoms with E-state index in [0.717, 1.165) is 0 Å². The summed E-state index contributed by atoms with van der Waals surface area (Å²) in [6, 6.07) is 11.6. The van der Waals surface area contributed by atoms with Gasteiger partial charge >= 0.3 is 6.03 Å². The zero-order chi connectivity index (χ0) is 15.8. The van der Waals surface area contributed by atoms with Crippen molar-refractivity contribution in [1.29, 1.82) is 0 Å². The number of carbonyl (C=O) groups excluding carboxylic acids is 2. The first-order valence-electron chi connectivity index (χ1n) is 6.50. The molecule has 1 aromatic heterocycles. The van der Waals surface area contributed by atoms with Crippen molar-refractivity contribution in [2.24, 2.45) is 5.16 Å². The second kappa shape index (κ2) is 7.53. The van der Waals surface area contributed by atoms with E-state index >= 15 is 0 Å². The van der Waals surface area contributed by atoms with E-state index in [2.05, 4.69) is 15.8 Å². The van der Waals surface area contributed by atoms with Gasteiger partial charge in [-0.05, 0) is 12.1 Å². The Bertz CT molecular complexity index is 669. The molecule has 1 aromatic carbocycles. The van der Waals surface area contributed by atoms with Gasteiger partial charge in [0.25, 0.3) is 5.91 Å². The molecule has 0 bridgehead atoms. The van der Waals surface area contributed by atoms with Gasteiger partial charge in [0.15, 0.2) is 12.4 Å². The zero-order valence-electron chi connectivity index (χ0n) is 11.6. The molecule has 0 atom stereocenters. The minimum atomic E-state index is -0.583. The number of oxime groups is 1. The predicted molar refractivity (Wildman–Crippen MR) is 79.6 cm³/mol. The normalized spacial score (nSPS) is 10.4. The van der Waals surface area contributed by atoms with Gasteiger partial charge in [-0.15, -0.1) is 0 Å². The standard InChI is InChI=1S/C15H14N4O3/c20-14(11-19-8-6-12(7-9-19)10-16-22)18-15(21)17-13-4-2-1-3-5-13/h1-10H,11H2,(H2,17,18,20,21)/p+1. The third kappa shape index (κ3) is 4.71. The molecule has 0 spiro atoms. The number of benzene rings is 1. The Labute approximate surface area is 126 Å². The molecule has 112 valence electrons. The summed E-state index contributed by atoms with van der Waals surface area (Å²) in [6.45, 7) is -0.00123. The third-order valence-corrected chi connectivity index (χ3v) is 2.73. The lowest BCUT2D eigenvalue weighted by atomic mass is 10.3. The molecule has 2 rings (SSSR count). The van der Waals surface area contributed by atoms with E-state index < -0.39 is 11.9 Å². The lowest BCUT2D eigenvalue weighted by molar-refractivity contribution is -0.684. The molecule has 3 N–H and O–H groups in total. The van der Waals surface area contributed by atoms with E-state index in [1.807, 2.05) is 6.07 Å². The maximum absolute atomic E-state index is 11.8. The number of urea groups is 1. The van der Waals surface area contributed by atoms with Crippen LogP contribution in [-0.2, 0) is 11.3 Å². The van der Waals surface area contributed by atoms with Crippen molar-refractivity contribution in [3.8, 4) is 0 Å². The van der Waals surface area contributed by atoms with Crippen molar-refractivity contribution in [2.45, 2.75) is 6.54 Å². The summed E-state index contributed by atoms with van der Waals surface area (Å²) in [5.41, 5.74) is 1.30. The first-order chi connectivity index (χ1) is 10.7. The van der Waals surface area contributed by atoms with E-state index in [0.29, 0.717) is 11.3 Å². The lowest BCUT2D eigenvalue weighted by Gasteiger charge is -2.05. The van der Waals surface area contributed by atoms with Gasteiger partial charge in [-0.25, -0.2) is 4.79 Å². The van der Waals surface area contributed by atoms with Crippen molar-refractivity contribution in [2.75, 3.05) is 5.32 Å². The number of pyridine rings is 1. The molecule has 7 nitrogen and oxygen atoms in total. The van der Waals surface area contributed by atoms with Crippen LogP contribution in [0.1, 0.15) is 5.56 Å². The van der Waals surface area contributed by atoms with Gasteiger partial charge < -0.3 is 10.5 Å². The van der Waals surface area contributed by atoms with Crippen LogP contribution in [0.5, 0.6) is 0 Å². The highest BCUT2D eigenvalue weighted by molar-refractivity contribution is 6.00. The predicted octanol–water partition coefficient (Wildman–Crippen LogP) is 1.13. The van der Waals surface area contributed by atoms with Crippen LogP contribution in [0.3, 0.4) is 0 Å². The molecule has 1 heterocycles. The minimum absolute atomic E-state index is 0.00123. The summed E-state index contributed by atoms with van der Waals surface area (Å²) in [6.07, 6.45) is 4.56. The molecule has 0 radical (unpaired) electrons. The SMILES string of the molecule is O=C(C[n+]1ccc(/C=N/O)cc1)NC(=O)Nc1ccccc1. The Balaban J connectivity index is 1.85. The van der Waals surface area contributed by atoms with Crippen LogP contribution >= 0.6 is 0 Å². The van der Waals surface area contributed by atoms with Gasteiger partial charge in [0, 0.05) is 23.4 Å². The van der Waals surface area contributed by atoms with Crippen LogP contribution in [0.15, 0.2) is 60.0 Å². The number of nitrogens with one attached hydrogen (secondary N) is 2. The molecule has 0 unspecified atom stereocenters. The van der Waals surface area contributed by atoms with Crippen LogP contribution in [0.25, 0.3) is 0 Å². The second-order valence-corrected chi connectivity index (χ2v) is 4.42. The molecule has 22 heavy (non-hydrogen) atoms. The van der Waals surface area contributed by atoms with Gasteiger partial charge in [-0.2, -0.15) is 4.57 Å². The van der Waals surface area contributed by atoms with E-state index in [1.54, 1.807) is 53.4 Å². The molecule has 7 heteroatoms. The molecule has 0 aliphatic carbocycles. The quantitative estimate of drug-likeness (QED) is 0.342. The number of carbonyl (C=O) groups is 2. The number of rotatable bonds is 4. The number of hydrogen-bond donors (Lipinski definition) is 3. The molecular weight excluding hydrogens is 284 g/mol. The van der Waals surface area contributed by atoms with Gasteiger partial charge in [0.2, 0.25) is 6.54 Å². The number of para-hydroxylation sites is 1. The zero-order valence-corrected chi connectivity index (χ0v) is 11.6. The summed E-state index contributed by atoms with van der Waals surface area (Å²) in [7, 11) is 0. The Morgan fingerprint density at radius 3 is 2.45 bits per heavy atom. The number of nitrogens with zero attached hydrogens (tertiary/aromatic N) is 2. The van der Waals surface area contributed by atoms with Crippen LogP contribution in [-0.4, -0.2) is 23.4 Å². The summed E-state index contributed by atoms with van der Waals surface area (Å²) < 4.78 is 1.60. The fraction of sp³-hybridized carbons (Fsp3) is 0.0667. The first kappa shape index (κ1) is 15.2. The number of aromatic nitrogens is 1. The van der Waals surface area contributed by atoms with Crippen molar-refractivity contribution in [3.63, 3.8) is 0 Å². The third-order valence-electron chi connectivity index (χ3n) is 2.73. The van der Waals surface area contributed by atoms with E-state index in [4.69, 9.17) is 5.21 Å².